The van der Waals surface area contributed by atoms with Gasteiger partial charge in [-0.3, -0.25) is 9.59 Å². The summed E-state index contributed by atoms with van der Waals surface area (Å²) >= 11 is 1.32. The summed E-state index contributed by atoms with van der Waals surface area (Å²) in [6.07, 6.45) is 0.764. The van der Waals surface area contributed by atoms with Gasteiger partial charge in [0, 0.05) is 18.5 Å². The standard InChI is InChI=1S/C29H28N4O2S/c1-18-9-11-21(12-10-18)24-16-25(22-7-5-4-6-8-22)33(32-24)29-31-28(35)26(36-29)17-27(34)30-23-14-19(2)13-20(3)15-23/h4-15,25-26H,16-17H2,1-3H3,(H,30,34)/t25-,26-/m0/s1. The SMILES string of the molecule is Cc1ccc(C2=NN(C3=NC(=O)[C@H](CC(=O)Nc4cc(C)cc(C)c4)S3)[C@H](c3ccccc3)C2)cc1. The molecule has 0 aromatic heterocycles. The summed E-state index contributed by atoms with van der Waals surface area (Å²) < 4.78 is 0. The Morgan fingerprint density at radius 3 is 2.36 bits per heavy atom. The van der Waals surface area contributed by atoms with Crippen molar-refractivity contribution in [3.8, 4) is 0 Å². The molecule has 2 aliphatic rings. The molecule has 0 spiro atoms. The number of aliphatic imine (C=N–C) groups is 1. The number of thioether (sulfide) groups is 1. The van der Waals surface area contributed by atoms with Gasteiger partial charge in [0.15, 0.2) is 5.17 Å². The molecule has 2 amide bonds. The van der Waals surface area contributed by atoms with E-state index in [-0.39, 0.29) is 24.3 Å². The van der Waals surface area contributed by atoms with E-state index in [1.807, 2.05) is 49.2 Å². The lowest BCUT2D eigenvalue weighted by molar-refractivity contribution is -0.121. The molecule has 182 valence electrons. The summed E-state index contributed by atoms with van der Waals surface area (Å²) in [5.74, 6) is -0.497. The number of amides is 2. The Morgan fingerprint density at radius 1 is 0.972 bits per heavy atom. The molecule has 0 bridgehead atoms. The topological polar surface area (TPSA) is 74.1 Å². The minimum absolute atomic E-state index is 0.0574. The van der Waals surface area contributed by atoms with Crippen molar-refractivity contribution < 1.29 is 9.59 Å². The van der Waals surface area contributed by atoms with Crippen molar-refractivity contribution in [2.45, 2.75) is 44.9 Å². The van der Waals surface area contributed by atoms with Gasteiger partial charge in [-0.1, -0.05) is 78.0 Å². The molecule has 5 rings (SSSR count). The highest BCUT2D eigenvalue weighted by Gasteiger charge is 2.39. The number of hydrogen-bond acceptors (Lipinski definition) is 5. The summed E-state index contributed by atoms with van der Waals surface area (Å²) in [6, 6.07) is 24.3. The van der Waals surface area contributed by atoms with Crippen LogP contribution < -0.4 is 5.32 Å². The first-order chi connectivity index (χ1) is 17.4. The number of anilines is 1. The van der Waals surface area contributed by atoms with E-state index in [4.69, 9.17) is 5.10 Å². The number of rotatable bonds is 5. The zero-order valence-electron chi connectivity index (χ0n) is 20.6. The molecule has 0 fully saturated rings. The van der Waals surface area contributed by atoms with Crippen LogP contribution in [0.5, 0.6) is 0 Å². The zero-order valence-corrected chi connectivity index (χ0v) is 21.4. The van der Waals surface area contributed by atoms with Gasteiger partial charge >= 0.3 is 0 Å². The molecule has 1 N–H and O–H groups in total. The molecule has 0 aliphatic carbocycles. The third-order valence-corrected chi connectivity index (χ3v) is 7.42. The highest BCUT2D eigenvalue weighted by molar-refractivity contribution is 8.15. The molecule has 2 atom stereocenters. The van der Waals surface area contributed by atoms with Crippen molar-refractivity contribution in [2.24, 2.45) is 10.1 Å². The van der Waals surface area contributed by atoms with E-state index < -0.39 is 5.25 Å². The fraction of sp³-hybridized carbons (Fsp3) is 0.241. The van der Waals surface area contributed by atoms with E-state index >= 15 is 0 Å². The maximum absolute atomic E-state index is 12.8. The van der Waals surface area contributed by atoms with Gasteiger partial charge in [-0.15, -0.1) is 0 Å². The van der Waals surface area contributed by atoms with Gasteiger partial charge in [0.2, 0.25) is 5.91 Å². The minimum atomic E-state index is -0.569. The van der Waals surface area contributed by atoms with Gasteiger partial charge in [0.1, 0.15) is 5.25 Å². The number of aryl methyl sites for hydroxylation is 3. The molecule has 2 aliphatic heterocycles. The number of nitrogens with zero attached hydrogens (tertiary/aromatic N) is 3. The van der Waals surface area contributed by atoms with E-state index in [1.165, 1.54) is 17.3 Å². The molecular formula is C29H28N4O2S. The first-order valence-electron chi connectivity index (χ1n) is 12.0. The normalized spacial score (nSPS) is 19.3. The molecule has 36 heavy (non-hydrogen) atoms. The van der Waals surface area contributed by atoms with Gasteiger partial charge < -0.3 is 5.32 Å². The van der Waals surface area contributed by atoms with Crippen molar-refractivity contribution in [3.63, 3.8) is 0 Å². The number of carbonyl (C=O) groups is 2. The second-order valence-electron chi connectivity index (χ2n) is 9.36. The number of amidine groups is 1. The minimum Gasteiger partial charge on any atom is -0.326 e. The Morgan fingerprint density at radius 2 is 1.67 bits per heavy atom. The number of hydrogen-bond donors (Lipinski definition) is 1. The smallest absolute Gasteiger partial charge is 0.262 e. The molecule has 0 saturated heterocycles. The zero-order chi connectivity index (χ0) is 25.2. The van der Waals surface area contributed by atoms with Gasteiger partial charge in [0.25, 0.3) is 5.91 Å². The average Bonchev–Trinajstić information content (AvgIpc) is 3.43. The monoisotopic (exact) mass is 496 g/mol. The highest BCUT2D eigenvalue weighted by atomic mass is 32.2. The van der Waals surface area contributed by atoms with Gasteiger partial charge in [-0.05, 0) is 55.2 Å². The highest BCUT2D eigenvalue weighted by Crippen LogP contribution is 2.38. The van der Waals surface area contributed by atoms with Crippen LogP contribution in [0.2, 0.25) is 0 Å². The van der Waals surface area contributed by atoms with Crippen molar-refractivity contribution in [2.75, 3.05) is 5.32 Å². The lowest BCUT2D eigenvalue weighted by Gasteiger charge is -2.23. The summed E-state index contributed by atoms with van der Waals surface area (Å²) in [7, 11) is 0. The summed E-state index contributed by atoms with van der Waals surface area (Å²) in [6.45, 7) is 6.04. The quantitative estimate of drug-likeness (QED) is 0.485. The van der Waals surface area contributed by atoms with Gasteiger partial charge in [-0.2, -0.15) is 10.1 Å². The van der Waals surface area contributed by atoms with Crippen LogP contribution in [0.25, 0.3) is 0 Å². The number of nitrogens with one attached hydrogen (secondary N) is 1. The fourth-order valence-electron chi connectivity index (χ4n) is 4.57. The Labute approximate surface area is 215 Å². The Bertz CT molecular complexity index is 1350. The van der Waals surface area contributed by atoms with Crippen LogP contribution in [-0.4, -0.2) is 33.0 Å². The first kappa shape index (κ1) is 24.0. The van der Waals surface area contributed by atoms with Crippen molar-refractivity contribution >= 4 is 40.1 Å². The molecule has 0 radical (unpaired) electrons. The van der Waals surface area contributed by atoms with Crippen LogP contribution in [0.1, 0.15) is 46.7 Å². The predicted octanol–water partition coefficient (Wildman–Crippen LogP) is 5.79. The molecule has 0 unspecified atom stereocenters. The van der Waals surface area contributed by atoms with E-state index in [0.717, 1.165) is 33.7 Å². The van der Waals surface area contributed by atoms with Crippen LogP contribution in [0, 0.1) is 20.8 Å². The summed E-state index contributed by atoms with van der Waals surface area (Å²) in [4.78, 5) is 29.9. The molecule has 3 aromatic carbocycles. The lowest BCUT2D eigenvalue weighted by atomic mass is 9.98. The van der Waals surface area contributed by atoms with Crippen LogP contribution in [0.15, 0.2) is 82.9 Å². The van der Waals surface area contributed by atoms with E-state index in [9.17, 15) is 9.59 Å². The second kappa shape index (κ2) is 10.1. The fourth-order valence-corrected chi connectivity index (χ4v) is 5.64. The Hall–Kier alpha value is -3.71. The second-order valence-corrected chi connectivity index (χ2v) is 10.5. The van der Waals surface area contributed by atoms with Gasteiger partial charge in [0.05, 0.1) is 11.8 Å². The molecule has 0 saturated carbocycles. The molecular weight excluding hydrogens is 468 g/mol. The van der Waals surface area contributed by atoms with Crippen molar-refractivity contribution in [3.05, 3.63) is 101 Å². The third-order valence-electron chi connectivity index (χ3n) is 6.28. The summed E-state index contributed by atoms with van der Waals surface area (Å²) in [5.41, 5.74) is 7.20. The number of hydrazone groups is 1. The van der Waals surface area contributed by atoms with Crippen molar-refractivity contribution in [1.29, 1.82) is 0 Å². The van der Waals surface area contributed by atoms with Crippen LogP contribution in [-0.2, 0) is 9.59 Å². The van der Waals surface area contributed by atoms with Crippen molar-refractivity contribution in [1.82, 2.24) is 5.01 Å². The number of carbonyl (C=O) groups excluding carboxylic acids is 2. The van der Waals surface area contributed by atoms with E-state index in [0.29, 0.717) is 11.6 Å². The first-order valence-corrected chi connectivity index (χ1v) is 12.9. The van der Waals surface area contributed by atoms with E-state index in [1.54, 1.807) is 0 Å². The molecule has 3 aromatic rings. The maximum Gasteiger partial charge on any atom is 0.262 e. The van der Waals surface area contributed by atoms with Crippen LogP contribution in [0.4, 0.5) is 5.69 Å². The average molecular weight is 497 g/mol. The lowest BCUT2D eigenvalue weighted by Crippen LogP contribution is -2.25. The van der Waals surface area contributed by atoms with Crippen LogP contribution in [0.3, 0.4) is 0 Å². The predicted molar refractivity (Wildman–Crippen MR) is 146 cm³/mol. The maximum atomic E-state index is 12.8. The van der Waals surface area contributed by atoms with Crippen LogP contribution >= 0.6 is 11.8 Å². The van der Waals surface area contributed by atoms with E-state index in [2.05, 4.69) is 59.7 Å². The third kappa shape index (κ3) is 5.26. The van der Waals surface area contributed by atoms with Gasteiger partial charge in [-0.25, -0.2) is 5.01 Å². The number of benzene rings is 3. The molecule has 2 heterocycles. The Balaban J connectivity index is 1.34. The molecule has 7 heteroatoms. The Kier molecular flexibility index (Phi) is 6.74. The summed E-state index contributed by atoms with van der Waals surface area (Å²) in [5, 5.41) is 9.66. The largest absolute Gasteiger partial charge is 0.326 e. The molecule has 6 nitrogen and oxygen atoms in total.